The molecule has 1 amide bonds. The molecule has 0 saturated carbocycles. The van der Waals surface area contributed by atoms with Crippen molar-refractivity contribution in [3.05, 3.63) is 30.1 Å². The Hall–Kier alpha value is -2.08. The van der Waals surface area contributed by atoms with Crippen LogP contribution >= 0.6 is 0 Å². The van der Waals surface area contributed by atoms with E-state index in [9.17, 15) is 4.79 Å². The Balaban J connectivity index is 2.06. The second-order valence-electron chi connectivity index (χ2n) is 5.35. The summed E-state index contributed by atoms with van der Waals surface area (Å²) in [5, 5.41) is 3.35. The van der Waals surface area contributed by atoms with Crippen LogP contribution < -0.4 is 16.0 Å². The van der Waals surface area contributed by atoms with Crippen molar-refractivity contribution in [2.45, 2.75) is 32.4 Å². The number of hydrogen-bond acceptors (Lipinski definition) is 4. The summed E-state index contributed by atoms with van der Waals surface area (Å²) < 4.78 is 2.08. The van der Waals surface area contributed by atoms with Gasteiger partial charge in [0.2, 0.25) is 5.91 Å². The molecule has 1 atom stereocenters. The van der Waals surface area contributed by atoms with Crippen LogP contribution in [0.15, 0.2) is 24.4 Å². The Morgan fingerprint density at radius 1 is 1.52 bits per heavy atom. The van der Waals surface area contributed by atoms with E-state index in [4.69, 9.17) is 10.7 Å². The quantitative estimate of drug-likeness (QED) is 0.856. The first kappa shape index (κ1) is 13.9. The normalized spacial score (nSPS) is 18.5. The number of nitrogens with two attached hydrogens (primary N) is 1. The van der Waals surface area contributed by atoms with Crippen LogP contribution in [0.4, 0.5) is 5.82 Å². The van der Waals surface area contributed by atoms with Crippen molar-refractivity contribution in [3.8, 4) is 0 Å². The van der Waals surface area contributed by atoms with Gasteiger partial charge in [-0.2, -0.15) is 0 Å². The first-order valence-corrected chi connectivity index (χ1v) is 7.45. The lowest BCUT2D eigenvalue weighted by Crippen LogP contribution is -2.41. The number of rotatable bonds is 5. The summed E-state index contributed by atoms with van der Waals surface area (Å²) >= 11 is 0. The van der Waals surface area contributed by atoms with Gasteiger partial charge in [0.05, 0.1) is 5.69 Å². The third kappa shape index (κ3) is 2.47. The van der Waals surface area contributed by atoms with Gasteiger partial charge in [-0.25, -0.2) is 4.98 Å². The monoisotopic (exact) mass is 287 g/mol. The smallest absolute Gasteiger partial charge is 0.240 e. The Bertz CT molecular complexity index is 651. The van der Waals surface area contributed by atoms with Crippen molar-refractivity contribution in [3.63, 3.8) is 0 Å². The number of imidazole rings is 1. The fraction of sp³-hybridized carbons (Fsp3) is 0.467. The van der Waals surface area contributed by atoms with Crippen molar-refractivity contribution in [2.75, 3.05) is 18.0 Å². The number of primary amides is 1. The molecule has 6 heteroatoms. The van der Waals surface area contributed by atoms with Crippen LogP contribution in [0.5, 0.6) is 0 Å². The van der Waals surface area contributed by atoms with Gasteiger partial charge in [0.1, 0.15) is 11.7 Å². The predicted octanol–water partition coefficient (Wildman–Crippen LogP) is 0.898. The van der Waals surface area contributed by atoms with Gasteiger partial charge in [0, 0.05) is 19.3 Å². The van der Waals surface area contributed by atoms with Crippen molar-refractivity contribution in [2.24, 2.45) is 5.73 Å². The molecule has 112 valence electrons. The number of amides is 1. The number of nitrogens with one attached hydrogen (secondary N) is 1. The maximum Gasteiger partial charge on any atom is 0.240 e. The summed E-state index contributed by atoms with van der Waals surface area (Å²) in [6.45, 7) is 4.51. The van der Waals surface area contributed by atoms with Crippen LogP contribution in [-0.4, -0.2) is 34.4 Å². The van der Waals surface area contributed by atoms with E-state index in [1.807, 2.05) is 24.4 Å². The third-order valence-corrected chi connectivity index (χ3v) is 4.00. The second-order valence-corrected chi connectivity index (χ2v) is 5.35. The van der Waals surface area contributed by atoms with Gasteiger partial charge in [-0.05, 0) is 31.5 Å². The van der Waals surface area contributed by atoms with Gasteiger partial charge in [0.25, 0.3) is 0 Å². The third-order valence-electron chi connectivity index (χ3n) is 4.00. The number of hydrogen-bond donors (Lipinski definition) is 2. The van der Waals surface area contributed by atoms with Crippen LogP contribution in [0.3, 0.4) is 0 Å². The molecule has 6 nitrogen and oxygen atoms in total. The zero-order chi connectivity index (χ0) is 14.8. The lowest BCUT2D eigenvalue weighted by Gasteiger charge is -2.23. The van der Waals surface area contributed by atoms with Crippen molar-refractivity contribution in [1.82, 2.24) is 14.7 Å². The molecular weight excluding hydrogens is 266 g/mol. The maximum atomic E-state index is 11.7. The molecule has 2 aromatic rings. The van der Waals surface area contributed by atoms with Gasteiger partial charge in [-0.1, -0.05) is 13.0 Å². The lowest BCUT2D eigenvalue weighted by atomic mass is 10.2. The molecule has 21 heavy (non-hydrogen) atoms. The number of anilines is 1. The minimum atomic E-state index is -0.265. The van der Waals surface area contributed by atoms with E-state index in [1.165, 1.54) is 0 Å². The summed E-state index contributed by atoms with van der Waals surface area (Å²) in [7, 11) is 0. The first-order chi connectivity index (χ1) is 10.2. The Morgan fingerprint density at radius 3 is 3.14 bits per heavy atom. The highest BCUT2D eigenvalue weighted by Gasteiger charge is 2.32. The summed E-state index contributed by atoms with van der Waals surface area (Å²) in [5.41, 5.74) is 7.52. The second kappa shape index (κ2) is 5.73. The van der Waals surface area contributed by atoms with Gasteiger partial charge in [-0.15, -0.1) is 0 Å². The standard InChI is InChI=1S/C15H21N5O/c1-2-17-10-12-15(18-13-7-3-4-8-19(12)13)20-9-5-6-11(20)14(16)21/h3-4,7-8,11,17H,2,5-6,9-10H2,1H3,(H2,16,21). The maximum absolute atomic E-state index is 11.7. The Kier molecular flexibility index (Phi) is 3.79. The van der Waals surface area contributed by atoms with E-state index >= 15 is 0 Å². The molecule has 2 aromatic heterocycles. The minimum Gasteiger partial charge on any atom is -0.368 e. The Morgan fingerprint density at radius 2 is 2.38 bits per heavy atom. The van der Waals surface area contributed by atoms with E-state index in [0.29, 0.717) is 0 Å². The average Bonchev–Trinajstić information content (AvgIpc) is 3.09. The molecule has 1 aliphatic heterocycles. The molecular formula is C15H21N5O. The van der Waals surface area contributed by atoms with Crippen LogP contribution in [0.1, 0.15) is 25.5 Å². The van der Waals surface area contributed by atoms with Crippen molar-refractivity contribution in [1.29, 1.82) is 0 Å². The van der Waals surface area contributed by atoms with Crippen LogP contribution in [-0.2, 0) is 11.3 Å². The molecule has 1 aliphatic rings. The SMILES string of the molecule is CCNCc1c(N2CCCC2C(N)=O)nc2ccccn12. The largest absolute Gasteiger partial charge is 0.368 e. The molecule has 1 unspecified atom stereocenters. The summed E-state index contributed by atoms with van der Waals surface area (Å²) in [6, 6.07) is 5.70. The average molecular weight is 287 g/mol. The first-order valence-electron chi connectivity index (χ1n) is 7.45. The summed E-state index contributed by atoms with van der Waals surface area (Å²) in [4.78, 5) is 18.4. The predicted molar refractivity (Wildman–Crippen MR) is 82.1 cm³/mol. The fourth-order valence-electron chi connectivity index (χ4n) is 2.99. The summed E-state index contributed by atoms with van der Waals surface area (Å²) in [5.74, 6) is 0.613. The van der Waals surface area contributed by atoms with Crippen LogP contribution in [0.2, 0.25) is 0 Å². The van der Waals surface area contributed by atoms with E-state index in [2.05, 4.69) is 21.5 Å². The highest BCUT2D eigenvalue weighted by molar-refractivity contribution is 5.84. The van der Waals surface area contributed by atoms with E-state index < -0.39 is 0 Å². The lowest BCUT2D eigenvalue weighted by molar-refractivity contribution is -0.119. The van der Waals surface area contributed by atoms with Gasteiger partial charge < -0.3 is 20.4 Å². The topological polar surface area (TPSA) is 75.7 Å². The Labute approximate surface area is 123 Å². The van der Waals surface area contributed by atoms with Crippen LogP contribution in [0, 0.1) is 0 Å². The van der Waals surface area contributed by atoms with Crippen LogP contribution in [0.25, 0.3) is 5.65 Å². The summed E-state index contributed by atoms with van der Waals surface area (Å²) in [6.07, 6.45) is 3.79. The fourth-order valence-corrected chi connectivity index (χ4v) is 2.99. The zero-order valence-corrected chi connectivity index (χ0v) is 12.2. The van der Waals surface area contributed by atoms with Gasteiger partial charge >= 0.3 is 0 Å². The molecule has 0 spiro atoms. The van der Waals surface area contributed by atoms with Gasteiger partial charge in [0.15, 0.2) is 5.82 Å². The van der Waals surface area contributed by atoms with Gasteiger partial charge in [-0.3, -0.25) is 4.79 Å². The van der Waals surface area contributed by atoms with E-state index in [-0.39, 0.29) is 11.9 Å². The highest BCUT2D eigenvalue weighted by Crippen LogP contribution is 2.28. The van der Waals surface area contributed by atoms with Crippen molar-refractivity contribution < 1.29 is 4.79 Å². The number of carbonyl (C=O) groups excluding carboxylic acids is 1. The number of pyridine rings is 1. The highest BCUT2D eigenvalue weighted by atomic mass is 16.1. The number of nitrogens with zero attached hydrogens (tertiary/aromatic N) is 3. The molecule has 1 saturated heterocycles. The molecule has 0 aliphatic carbocycles. The van der Waals surface area contributed by atoms with E-state index in [0.717, 1.165) is 49.6 Å². The molecule has 1 fully saturated rings. The van der Waals surface area contributed by atoms with E-state index in [1.54, 1.807) is 0 Å². The number of aromatic nitrogens is 2. The molecule has 0 aromatic carbocycles. The molecule has 3 N–H and O–H groups in total. The zero-order valence-electron chi connectivity index (χ0n) is 12.2. The van der Waals surface area contributed by atoms with Crippen molar-refractivity contribution >= 4 is 17.4 Å². The molecule has 3 rings (SSSR count). The number of carbonyl (C=O) groups is 1. The minimum absolute atomic E-state index is 0.240. The molecule has 0 bridgehead atoms. The molecule has 3 heterocycles. The number of fused-ring (bicyclic) bond motifs is 1. The molecule has 0 radical (unpaired) electrons.